The molecule has 1 amide bonds. The minimum Gasteiger partial charge on any atom is -0.387 e. The van der Waals surface area contributed by atoms with Crippen molar-refractivity contribution in [2.45, 2.75) is 309 Å². The molecule has 3 atom stereocenters. The van der Waals surface area contributed by atoms with Crippen molar-refractivity contribution < 1.29 is 32.9 Å². The van der Waals surface area contributed by atoms with Crippen LogP contribution in [-0.4, -0.2) is 73.4 Å². The monoisotopic (exact) mass is 1030 g/mol. The quantitative estimate of drug-likeness (QED) is 0.0243. The molecule has 0 spiro atoms. The average Bonchev–Trinajstić information content (AvgIpc) is 3.34. The lowest BCUT2D eigenvalue weighted by atomic mass is 10.0. The summed E-state index contributed by atoms with van der Waals surface area (Å²) in [5.41, 5.74) is 0. The average molecular weight is 1030 g/mol. The fraction of sp³-hybridized carbons (Fsp3) is 0.857. The first-order chi connectivity index (χ1) is 35.0. The van der Waals surface area contributed by atoms with Crippen molar-refractivity contribution in [1.29, 1.82) is 0 Å². The number of carbonyl (C=O) groups is 1. The molecule has 0 fully saturated rings. The fourth-order valence-electron chi connectivity index (χ4n) is 9.15. The Bertz CT molecular complexity index is 1310. The highest BCUT2D eigenvalue weighted by molar-refractivity contribution is 7.47. The minimum atomic E-state index is -4.35. The van der Waals surface area contributed by atoms with E-state index in [1.165, 1.54) is 231 Å². The van der Waals surface area contributed by atoms with Crippen molar-refractivity contribution in [3.63, 3.8) is 0 Å². The van der Waals surface area contributed by atoms with Crippen LogP contribution in [-0.2, 0) is 18.4 Å². The smallest absolute Gasteiger partial charge is 0.387 e. The molecular weight excluding hydrogens is 912 g/mol. The van der Waals surface area contributed by atoms with Crippen LogP contribution in [0.2, 0.25) is 0 Å². The van der Waals surface area contributed by atoms with Crippen LogP contribution in [0.1, 0.15) is 296 Å². The number of likely N-dealkylation sites (N-methyl/N-ethyl adjacent to an activating group) is 1. The lowest BCUT2D eigenvalue weighted by molar-refractivity contribution is -0.870. The number of hydrogen-bond acceptors (Lipinski definition) is 5. The number of aliphatic hydroxyl groups excluding tert-OH is 1. The number of rotatable bonds is 57. The van der Waals surface area contributed by atoms with Gasteiger partial charge in [0.15, 0.2) is 0 Å². The summed E-state index contributed by atoms with van der Waals surface area (Å²) in [6.45, 7) is 4.79. The van der Waals surface area contributed by atoms with Crippen molar-refractivity contribution in [1.82, 2.24) is 5.32 Å². The zero-order valence-electron chi connectivity index (χ0n) is 48.4. The molecular formula is C63H122N2O6P+. The lowest BCUT2D eigenvalue weighted by Crippen LogP contribution is -2.45. The third-order valence-electron chi connectivity index (χ3n) is 14.0. The molecule has 0 rings (SSSR count). The van der Waals surface area contributed by atoms with Gasteiger partial charge in [-0.3, -0.25) is 13.8 Å². The summed E-state index contributed by atoms with van der Waals surface area (Å²) in [4.78, 5) is 23.2. The second-order valence-corrected chi connectivity index (χ2v) is 23.9. The Morgan fingerprint density at radius 1 is 0.472 bits per heavy atom. The zero-order chi connectivity index (χ0) is 52.7. The summed E-state index contributed by atoms with van der Waals surface area (Å²) < 4.78 is 23.6. The molecule has 0 radical (unpaired) electrons. The normalized spacial score (nSPS) is 14.2. The van der Waals surface area contributed by atoms with E-state index in [1.54, 1.807) is 6.08 Å². The van der Waals surface area contributed by atoms with Gasteiger partial charge in [0.2, 0.25) is 5.91 Å². The number of phosphoric acid groups is 1. The third-order valence-corrected chi connectivity index (χ3v) is 15.0. The van der Waals surface area contributed by atoms with Gasteiger partial charge < -0.3 is 19.8 Å². The first-order valence-electron chi connectivity index (χ1n) is 31.0. The van der Waals surface area contributed by atoms with Gasteiger partial charge in [-0.05, 0) is 64.2 Å². The van der Waals surface area contributed by atoms with Crippen molar-refractivity contribution >= 4 is 13.7 Å². The Balaban J connectivity index is 3.87. The largest absolute Gasteiger partial charge is 0.472 e. The van der Waals surface area contributed by atoms with Gasteiger partial charge in [-0.25, -0.2) is 4.57 Å². The maximum atomic E-state index is 12.9. The molecule has 0 aliphatic heterocycles. The van der Waals surface area contributed by atoms with Crippen LogP contribution in [0.25, 0.3) is 0 Å². The van der Waals surface area contributed by atoms with Gasteiger partial charge in [0, 0.05) is 6.42 Å². The molecule has 3 unspecified atom stereocenters. The van der Waals surface area contributed by atoms with Gasteiger partial charge in [0.25, 0.3) is 0 Å². The van der Waals surface area contributed by atoms with Gasteiger partial charge in [0.1, 0.15) is 13.2 Å². The number of hydrogen-bond donors (Lipinski definition) is 3. The van der Waals surface area contributed by atoms with Crippen LogP contribution in [0.5, 0.6) is 0 Å². The van der Waals surface area contributed by atoms with Crippen LogP contribution in [0.3, 0.4) is 0 Å². The van der Waals surface area contributed by atoms with Crippen molar-refractivity contribution in [2.75, 3.05) is 40.9 Å². The van der Waals surface area contributed by atoms with Crippen molar-refractivity contribution in [2.24, 2.45) is 0 Å². The number of nitrogens with one attached hydrogen (secondary N) is 1. The van der Waals surface area contributed by atoms with Crippen LogP contribution in [0.4, 0.5) is 0 Å². The number of unbranched alkanes of at least 4 members (excludes halogenated alkanes) is 38. The van der Waals surface area contributed by atoms with E-state index in [2.05, 4.69) is 55.6 Å². The maximum Gasteiger partial charge on any atom is 0.472 e. The fourth-order valence-corrected chi connectivity index (χ4v) is 9.89. The number of amides is 1. The summed E-state index contributed by atoms with van der Waals surface area (Å²) in [7, 11) is 1.56. The Kier molecular flexibility index (Phi) is 53.1. The highest BCUT2D eigenvalue weighted by atomic mass is 31.2. The maximum absolute atomic E-state index is 12.9. The number of nitrogens with zero attached hydrogens (tertiary/aromatic N) is 1. The van der Waals surface area contributed by atoms with Crippen molar-refractivity contribution in [3.05, 3.63) is 48.6 Å². The second-order valence-electron chi connectivity index (χ2n) is 22.4. The molecule has 0 aromatic heterocycles. The second kappa shape index (κ2) is 54.3. The molecule has 72 heavy (non-hydrogen) atoms. The summed E-state index contributed by atoms with van der Waals surface area (Å²) in [6, 6.07) is -0.862. The molecule has 8 nitrogen and oxygen atoms in total. The van der Waals surface area contributed by atoms with Gasteiger partial charge in [0.05, 0.1) is 39.9 Å². The SMILES string of the molecule is CCCCCCC/C=C/CC/C=C/C(O)C(COP(=O)(O)OCC[N+](C)(C)C)NC(=O)CCCCCCCCCCCCCCCCCCC/C=C\C/C=C\CCCCCCCCCCCCCCCCC. The minimum absolute atomic E-state index is 0.0561. The molecule has 3 N–H and O–H groups in total. The summed E-state index contributed by atoms with van der Waals surface area (Å²) >= 11 is 0. The number of phosphoric ester groups is 1. The number of aliphatic hydroxyl groups is 1. The molecule has 0 aromatic carbocycles. The summed E-state index contributed by atoms with van der Waals surface area (Å²) in [5.74, 6) is -0.186. The van der Waals surface area contributed by atoms with E-state index in [0.717, 1.165) is 44.9 Å². The molecule has 0 aliphatic carbocycles. The number of allylic oxidation sites excluding steroid dienone is 7. The highest BCUT2D eigenvalue weighted by Crippen LogP contribution is 2.43. The third kappa shape index (κ3) is 56.2. The van der Waals surface area contributed by atoms with Crippen LogP contribution < -0.4 is 5.32 Å². The Hall–Kier alpha value is -1.54. The predicted molar refractivity (Wildman–Crippen MR) is 314 cm³/mol. The zero-order valence-corrected chi connectivity index (χ0v) is 49.3. The molecule has 9 heteroatoms. The predicted octanol–water partition coefficient (Wildman–Crippen LogP) is 19.1. The van der Waals surface area contributed by atoms with E-state index in [9.17, 15) is 19.4 Å². The molecule has 0 heterocycles. The molecule has 0 saturated carbocycles. The van der Waals surface area contributed by atoms with Crippen LogP contribution in [0.15, 0.2) is 48.6 Å². The highest BCUT2D eigenvalue weighted by Gasteiger charge is 2.27. The Labute approximate surface area is 448 Å². The van der Waals surface area contributed by atoms with E-state index in [1.807, 2.05) is 27.2 Å². The summed E-state index contributed by atoms with van der Waals surface area (Å²) in [5, 5.41) is 13.8. The number of carbonyl (C=O) groups excluding carboxylic acids is 1. The topological polar surface area (TPSA) is 105 Å². The van der Waals surface area contributed by atoms with Gasteiger partial charge in [-0.1, -0.05) is 274 Å². The van der Waals surface area contributed by atoms with Crippen LogP contribution in [0, 0.1) is 0 Å². The Morgan fingerprint density at radius 2 is 0.806 bits per heavy atom. The first kappa shape index (κ1) is 70.5. The first-order valence-corrected chi connectivity index (χ1v) is 32.5. The molecule has 0 aromatic rings. The van der Waals surface area contributed by atoms with E-state index in [4.69, 9.17) is 9.05 Å². The van der Waals surface area contributed by atoms with E-state index < -0.39 is 20.0 Å². The standard InChI is InChI=1S/C63H121N2O6P/c1-6-8-10-12-14-16-18-19-20-21-22-23-24-25-26-27-28-29-30-31-32-33-34-35-36-37-38-39-40-41-42-43-44-45-47-49-51-53-55-57-63(67)64-61(60-71-72(68,69)70-59-58-65(3,4)5)62(66)56-54-52-50-48-46-17-15-13-11-9-7-2/h28-29,31-32,46,48,54,56,61-62,66H,6-27,30,33-45,47,49-53,55,57-60H2,1-5H3,(H-,64,67,68,69)/p+1/b29-28-,32-31-,48-46+,56-54+. The molecule has 0 saturated heterocycles. The Morgan fingerprint density at radius 3 is 1.19 bits per heavy atom. The summed E-state index contributed by atoms with van der Waals surface area (Å²) in [6.07, 6.45) is 72.7. The number of quaternary nitrogens is 1. The van der Waals surface area contributed by atoms with Gasteiger partial charge >= 0.3 is 7.82 Å². The van der Waals surface area contributed by atoms with Crippen molar-refractivity contribution in [3.8, 4) is 0 Å². The lowest BCUT2D eigenvalue weighted by Gasteiger charge is -2.25. The van der Waals surface area contributed by atoms with E-state index in [0.29, 0.717) is 17.4 Å². The van der Waals surface area contributed by atoms with E-state index in [-0.39, 0.29) is 19.1 Å². The van der Waals surface area contributed by atoms with Crippen LogP contribution >= 0.6 is 7.82 Å². The molecule has 0 aliphatic rings. The molecule has 424 valence electrons. The molecule has 0 bridgehead atoms. The van der Waals surface area contributed by atoms with Gasteiger partial charge in [-0.2, -0.15) is 0 Å². The van der Waals surface area contributed by atoms with Gasteiger partial charge in [-0.15, -0.1) is 0 Å². The van der Waals surface area contributed by atoms with E-state index >= 15 is 0 Å².